The van der Waals surface area contributed by atoms with Crippen LogP contribution in [0.2, 0.25) is 0 Å². The molecule has 1 saturated heterocycles. The molecule has 0 radical (unpaired) electrons. The summed E-state index contributed by atoms with van der Waals surface area (Å²) in [5.74, 6) is -0.599. The fourth-order valence-electron chi connectivity index (χ4n) is 3.13. The maximum Gasteiger partial charge on any atom is 0.159 e. The number of hydrogen-bond donors (Lipinski definition) is 1. The molecule has 0 bridgehead atoms. The average molecular weight is 331 g/mol. The van der Waals surface area contributed by atoms with Crippen LogP contribution in [0.25, 0.3) is 0 Å². The normalized spacial score (nSPS) is 21.4. The molecule has 1 aromatic rings. The molecule has 2 fully saturated rings. The predicted octanol–water partition coefficient (Wildman–Crippen LogP) is 3.91. The van der Waals surface area contributed by atoms with Gasteiger partial charge in [-0.25, -0.2) is 8.78 Å². The fraction of sp³-hybridized carbons (Fsp3) is 0.647. The maximum atomic E-state index is 13.3. The summed E-state index contributed by atoms with van der Waals surface area (Å²) in [6.07, 6.45) is 5.06. The molecule has 2 aliphatic rings. The van der Waals surface area contributed by atoms with Crippen molar-refractivity contribution < 1.29 is 8.78 Å². The van der Waals surface area contributed by atoms with Gasteiger partial charge < -0.3 is 5.32 Å². The molecule has 1 aromatic carbocycles. The zero-order chi connectivity index (χ0) is 14.8. The first-order valence-electron chi connectivity index (χ1n) is 8.06. The van der Waals surface area contributed by atoms with Crippen LogP contribution in [0.15, 0.2) is 18.2 Å². The molecule has 1 aliphatic heterocycles. The highest BCUT2D eigenvalue weighted by atomic mass is 35.5. The van der Waals surface area contributed by atoms with E-state index in [9.17, 15) is 8.78 Å². The smallest absolute Gasteiger partial charge is 0.159 e. The number of benzene rings is 1. The highest BCUT2D eigenvalue weighted by Crippen LogP contribution is 2.29. The van der Waals surface area contributed by atoms with Gasteiger partial charge in [-0.1, -0.05) is 6.07 Å². The zero-order valence-corrected chi connectivity index (χ0v) is 13.8. The summed E-state index contributed by atoms with van der Waals surface area (Å²) in [6.45, 7) is 5.28. The molecular weight excluding hydrogens is 306 g/mol. The predicted molar refractivity (Wildman–Crippen MR) is 87.3 cm³/mol. The topological polar surface area (TPSA) is 15.3 Å². The third-order valence-corrected chi connectivity index (χ3v) is 4.90. The molecule has 1 saturated carbocycles. The second-order valence-electron chi connectivity index (χ2n) is 6.51. The molecule has 1 heterocycles. The Labute approximate surface area is 137 Å². The van der Waals surface area contributed by atoms with E-state index in [-0.39, 0.29) is 18.4 Å². The molecule has 3 rings (SSSR count). The van der Waals surface area contributed by atoms with Gasteiger partial charge in [0.15, 0.2) is 11.6 Å². The minimum atomic E-state index is -0.770. The first kappa shape index (κ1) is 17.6. The summed E-state index contributed by atoms with van der Waals surface area (Å²) < 4.78 is 26.4. The molecule has 1 N–H and O–H groups in total. The van der Waals surface area contributed by atoms with Gasteiger partial charge >= 0.3 is 0 Å². The molecule has 0 amide bonds. The van der Waals surface area contributed by atoms with E-state index in [1.807, 2.05) is 0 Å². The van der Waals surface area contributed by atoms with Crippen LogP contribution < -0.4 is 5.32 Å². The van der Waals surface area contributed by atoms with Gasteiger partial charge in [-0.15, -0.1) is 12.4 Å². The van der Waals surface area contributed by atoms with Gasteiger partial charge in [0.1, 0.15) is 0 Å². The Kier molecular flexibility index (Phi) is 6.18. The molecule has 2 nitrogen and oxygen atoms in total. The van der Waals surface area contributed by atoms with Gasteiger partial charge in [0, 0.05) is 25.2 Å². The number of piperidine rings is 1. The van der Waals surface area contributed by atoms with E-state index in [2.05, 4.69) is 17.1 Å². The minimum Gasteiger partial charge on any atom is -0.314 e. The van der Waals surface area contributed by atoms with E-state index in [4.69, 9.17) is 0 Å². The monoisotopic (exact) mass is 330 g/mol. The molecular formula is C17H25ClF2N2. The first-order chi connectivity index (χ1) is 10.1. The van der Waals surface area contributed by atoms with Gasteiger partial charge in [-0.05, 0) is 62.8 Å². The van der Waals surface area contributed by atoms with Crippen molar-refractivity contribution in [2.45, 2.75) is 44.7 Å². The van der Waals surface area contributed by atoms with Crippen LogP contribution in [-0.4, -0.2) is 30.6 Å². The molecule has 1 unspecified atom stereocenters. The average Bonchev–Trinajstić information content (AvgIpc) is 3.32. The van der Waals surface area contributed by atoms with Crippen molar-refractivity contribution in [1.29, 1.82) is 0 Å². The van der Waals surface area contributed by atoms with E-state index < -0.39 is 11.6 Å². The highest BCUT2D eigenvalue weighted by molar-refractivity contribution is 5.85. The lowest BCUT2D eigenvalue weighted by Crippen LogP contribution is -2.43. The van der Waals surface area contributed by atoms with Crippen molar-refractivity contribution in [3.63, 3.8) is 0 Å². The van der Waals surface area contributed by atoms with E-state index in [1.165, 1.54) is 31.5 Å². The SMILES string of the molecule is CC(c1ccc(F)c(F)c1)N1CCC(NCC2CC2)CC1.Cl. The van der Waals surface area contributed by atoms with Crippen molar-refractivity contribution in [3.8, 4) is 0 Å². The van der Waals surface area contributed by atoms with Crippen LogP contribution in [-0.2, 0) is 0 Å². The lowest BCUT2D eigenvalue weighted by atomic mass is 10.00. The standard InChI is InChI=1S/C17H24F2N2.ClH/c1-12(14-4-5-16(18)17(19)10-14)21-8-6-15(7-9-21)20-11-13-2-3-13;/h4-5,10,12-13,15,20H,2-3,6-9,11H2,1H3;1H. The molecule has 22 heavy (non-hydrogen) atoms. The zero-order valence-electron chi connectivity index (χ0n) is 13.0. The molecule has 5 heteroatoms. The summed E-state index contributed by atoms with van der Waals surface area (Å²) in [7, 11) is 0. The molecule has 124 valence electrons. The van der Waals surface area contributed by atoms with E-state index in [1.54, 1.807) is 6.07 Å². The van der Waals surface area contributed by atoms with Crippen molar-refractivity contribution in [2.24, 2.45) is 5.92 Å². The van der Waals surface area contributed by atoms with Gasteiger partial charge in [0.05, 0.1) is 0 Å². The van der Waals surface area contributed by atoms with E-state index in [0.717, 1.165) is 37.4 Å². The third-order valence-electron chi connectivity index (χ3n) is 4.90. The summed E-state index contributed by atoms with van der Waals surface area (Å²) in [4.78, 5) is 2.36. The second-order valence-corrected chi connectivity index (χ2v) is 6.51. The Bertz CT molecular complexity index is 486. The van der Waals surface area contributed by atoms with Crippen molar-refractivity contribution in [3.05, 3.63) is 35.4 Å². The summed E-state index contributed by atoms with van der Waals surface area (Å²) >= 11 is 0. The number of rotatable bonds is 5. The molecule has 1 atom stereocenters. The molecule has 0 aromatic heterocycles. The Morgan fingerprint density at radius 3 is 2.41 bits per heavy atom. The second kappa shape index (κ2) is 7.71. The third kappa shape index (κ3) is 4.40. The number of nitrogens with zero attached hydrogens (tertiary/aromatic N) is 1. The van der Waals surface area contributed by atoms with Crippen LogP contribution >= 0.6 is 12.4 Å². The largest absolute Gasteiger partial charge is 0.314 e. The summed E-state index contributed by atoms with van der Waals surface area (Å²) in [5, 5.41) is 3.66. The maximum absolute atomic E-state index is 13.3. The van der Waals surface area contributed by atoms with Gasteiger partial charge in [-0.2, -0.15) is 0 Å². The van der Waals surface area contributed by atoms with Crippen LogP contribution in [0.4, 0.5) is 8.78 Å². The Hall–Kier alpha value is -0.710. The van der Waals surface area contributed by atoms with Gasteiger partial charge in [-0.3, -0.25) is 4.90 Å². The number of likely N-dealkylation sites (tertiary alicyclic amines) is 1. The van der Waals surface area contributed by atoms with Crippen LogP contribution in [0.1, 0.15) is 44.2 Å². The van der Waals surface area contributed by atoms with Crippen LogP contribution in [0.3, 0.4) is 0 Å². The van der Waals surface area contributed by atoms with Gasteiger partial charge in [0.25, 0.3) is 0 Å². The Morgan fingerprint density at radius 2 is 1.82 bits per heavy atom. The first-order valence-corrected chi connectivity index (χ1v) is 8.06. The Balaban J connectivity index is 0.00000176. The number of nitrogens with one attached hydrogen (secondary N) is 1. The van der Waals surface area contributed by atoms with Crippen molar-refractivity contribution in [2.75, 3.05) is 19.6 Å². The lowest BCUT2D eigenvalue weighted by molar-refractivity contribution is 0.152. The van der Waals surface area contributed by atoms with Gasteiger partial charge in [0.2, 0.25) is 0 Å². The Morgan fingerprint density at radius 1 is 1.14 bits per heavy atom. The van der Waals surface area contributed by atoms with E-state index in [0.29, 0.717) is 6.04 Å². The summed E-state index contributed by atoms with van der Waals surface area (Å²) in [5.41, 5.74) is 0.860. The minimum absolute atomic E-state index is 0. The summed E-state index contributed by atoms with van der Waals surface area (Å²) in [6, 6.07) is 5.02. The van der Waals surface area contributed by atoms with Crippen molar-refractivity contribution in [1.82, 2.24) is 10.2 Å². The van der Waals surface area contributed by atoms with Crippen LogP contribution in [0, 0.1) is 17.6 Å². The highest BCUT2D eigenvalue weighted by Gasteiger charge is 2.26. The number of hydrogen-bond acceptors (Lipinski definition) is 2. The lowest BCUT2D eigenvalue weighted by Gasteiger charge is -2.36. The van der Waals surface area contributed by atoms with E-state index >= 15 is 0 Å². The van der Waals surface area contributed by atoms with Crippen molar-refractivity contribution >= 4 is 12.4 Å². The number of halogens is 3. The quantitative estimate of drug-likeness (QED) is 0.880. The fourth-order valence-corrected chi connectivity index (χ4v) is 3.13. The molecule has 1 aliphatic carbocycles. The van der Waals surface area contributed by atoms with Crippen LogP contribution in [0.5, 0.6) is 0 Å². The molecule has 0 spiro atoms.